The van der Waals surface area contributed by atoms with Crippen molar-refractivity contribution in [2.24, 2.45) is 10.3 Å². The highest BCUT2D eigenvalue weighted by Crippen LogP contribution is 2.44. The Morgan fingerprint density at radius 3 is 2.33 bits per heavy atom. The van der Waals surface area contributed by atoms with Crippen LogP contribution in [0.25, 0.3) is 0 Å². The molecule has 0 unspecified atom stereocenters. The van der Waals surface area contributed by atoms with E-state index in [1.54, 1.807) is 20.8 Å². The Morgan fingerprint density at radius 1 is 1.33 bits per heavy atom. The third-order valence-electron chi connectivity index (χ3n) is 1.80. The van der Waals surface area contributed by atoms with Gasteiger partial charge in [0.1, 0.15) is 20.7 Å². The zero-order valence-electron chi connectivity index (χ0n) is 9.87. The Kier molecular flexibility index (Phi) is 4.69. The third kappa shape index (κ3) is 3.40. The molecule has 1 rings (SSSR count). The standard InChI is InChI=1S/C10H10BrCl2N3O2/c1-10(2,3)15-16(18)9-6(13)4-5(12)8(14-17)7(9)11/h4H,1-3H3. The van der Waals surface area contributed by atoms with Crippen molar-refractivity contribution in [2.45, 2.75) is 26.3 Å². The van der Waals surface area contributed by atoms with Crippen LogP contribution in [0.3, 0.4) is 0 Å². The maximum atomic E-state index is 11.9. The van der Waals surface area contributed by atoms with Gasteiger partial charge in [-0.05, 0) is 53.1 Å². The molecule has 0 aromatic heterocycles. The van der Waals surface area contributed by atoms with Gasteiger partial charge < -0.3 is 5.21 Å². The van der Waals surface area contributed by atoms with E-state index in [1.165, 1.54) is 6.07 Å². The molecular weight excluding hydrogens is 345 g/mol. The molecule has 0 atom stereocenters. The van der Waals surface area contributed by atoms with Crippen LogP contribution in [0.15, 0.2) is 20.8 Å². The largest absolute Gasteiger partial charge is 0.594 e. The molecule has 5 nitrogen and oxygen atoms in total. The molecule has 0 aliphatic carbocycles. The molecular formula is C10H10BrCl2N3O2. The fourth-order valence-corrected chi connectivity index (χ4v) is 2.60. The Hall–Kier alpha value is -0.720. The van der Waals surface area contributed by atoms with E-state index < -0.39 is 5.54 Å². The van der Waals surface area contributed by atoms with Crippen LogP contribution in [0, 0.1) is 10.1 Å². The van der Waals surface area contributed by atoms with E-state index in [4.69, 9.17) is 23.2 Å². The van der Waals surface area contributed by atoms with Crippen molar-refractivity contribution in [1.29, 1.82) is 0 Å². The zero-order chi connectivity index (χ0) is 14.1. The Bertz CT molecular complexity index is 527. The van der Waals surface area contributed by atoms with Gasteiger partial charge in [0.05, 0.1) is 5.02 Å². The lowest BCUT2D eigenvalue weighted by atomic mass is 10.1. The number of benzene rings is 1. The molecule has 98 valence electrons. The molecule has 18 heavy (non-hydrogen) atoms. The van der Waals surface area contributed by atoms with Gasteiger partial charge in [0.2, 0.25) is 0 Å². The minimum Gasteiger partial charge on any atom is -0.594 e. The minimum absolute atomic E-state index is 0.00518. The number of halogens is 3. The smallest absolute Gasteiger partial charge is 0.279 e. The molecule has 0 aliphatic heterocycles. The first kappa shape index (κ1) is 15.3. The van der Waals surface area contributed by atoms with Gasteiger partial charge in [-0.3, -0.25) is 0 Å². The maximum absolute atomic E-state index is 11.9. The van der Waals surface area contributed by atoms with Gasteiger partial charge in [0.15, 0.2) is 0 Å². The minimum atomic E-state index is -0.584. The number of hydrogen-bond donors (Lipinski definition) is 0. The summed E-state index contributed by atoms with van der Waals surface area (Å²) in [6.45, 7) is 5.28. The molecule has 8 heteroatoms. The maximum Gasteiger partial charge on any atom is 0.279 e. The van der Waals surface area contributed by atoms with E-state index in [1.807, 2.05) is 0 Å². The van der Waals surface area contributed by atoms with Crippen LogP contribution in [0.1, 0.15) is 20.8 Å². The van der Waals surface area contributed by atoms with Crippen molar-refractivity contribution in [2.75, 3.05) is 0 Å². The summed E-state index contributed by atoms with van der Waals surface area (Å²) in [4.78, 5) is 11.0. The average Bonchev–Trinajstić information content (AvgIpc) is 2.13. The molecule has 0 saturated heterocycles. The summed E-state index contributed by atoms with van der Waals surface area (Å²) in [6, 6.07) is 1.28. The summed E-state index contributed by atoms with van der Waals surface area (Å²) < 4.78 is 0.123. The van der Waals surface area contributed by atoms with Gasteiger partial charge >= 0.3 is 0 Å². The third-order valence-corrected chi connectivity index (χ3v) is 3.12. The van der Waals surface area contributed by atoms with Crippen LogP contribution in [0.5, 0.6) is 0 Å². The summed E-state index contributed by atoms with van der Waals surface area (Å²) in [5, 5.41) is 18.7. The monoisotopic (exact) mass is 353 g/mol. The van der Waals surface area contributed by atoms with Gasteiger partial charge in [-0.1, -0.05) is 28.1 Å². The molecule has 0 N–H and O–H groups in total. The highest BCUT2D eigenvalue weighted by Gasteiger charge is 2.25. The van der Waals surface area contributed by atoms with Crippen LogP contribution in [0.4, 0.5) is 11.4 Å². The number of hydrogen-bond acceptors (Lipinski definition) is 4. The number of rotatable bonds is 2. The SMILES string of the molecule is CC(C)(C)N=[N+]([O-])c1c(Cl)cc(Cl)c(N=O)c1Br. The molecule has 0 saturated carbocycles. The first-order valence-electron chi connectivity index (χ1n) is 4.88. The van der Waals surface area contributed by atoms with Gasteiger partial charge in [-0.2, -0.15) is 0 Å². The number of nitrogens with zero attached hydrogens (tertiary/aromatic N) is 3. The summed E-state index contributed by atoms with van der Waals surface area (Å²) in [5.41, 5.74) is -0.662. The molecule has 0 fully saturated rings. The second-order valence-corrected chi connectivity index (χ2v) is 6.09. The number of azo groups is 1. The Balaban J connectivity index is 3.51. The summed E-state index contributed by atoms with van der Waals surface area (Å²) in [7, 11) is 0. The second-order valence-electron chi connectivity index (χ2n) is 4.49. The highest BCUT2D eigenvalue weighted by atomic mass is 79.9. The van der Waals surface area contributed by atoms with E-state index in [-0.39, 0.29) is 25.9 Å². The quantitative estimate of drug-likeness (QED) is 0.302. The molecule has 0 aliphatic rings. The first-order valence-corrected chi connectivity index (χ1v) is 6.43. The van der Waals surface area contributed by atoms with Crippen molar-refractivity contribution in [3.8, 4) is 0 Å². The van der Waals surface area contributed by atoms with Gasteiger partial charge in [-0.15, -0.1) is 4.91 Å². The lowest BCUT2D eigenvalue weighted by molar-refractivity contribution is -0.450. The molecule has 0 heterocycles. The summed E-state index contributed by atoms with van der Waals surface area (Å²) in [6.07, 6.45) is 0. The number of nitroso groups, excluding NO2 is 1. The van der Waals surface area contributed by atoms with E-state index in [0.29, 0.717) is 4.86 Å². The fourth-order valence-electron chi connectivity index (χ4n) is 1.15. The van der Waals surface area contributed by atoms with Crippen molar-refractivity contribution in [3.63, 3.8) is 0 Å². The van der Waals surface area contributed by atoms with Crippen molar-refractivity contribution in [1.82, 2.24) is 0 Å². The summed E-state index contributed by atoms with van der Waals surface area (Å²) >= 11 is 14.8. The second kappa shape index (κ2) is 5.50. The van der Waals surface area contributed by atoms with Crippen molar-refractivity contribution < 1.29 is 4.86 Å². The van der Waals surface area contributed by atoms with Gasteiger partial charge in [-0.25, -0.2) is 0 Å². The fraction of sp³-hybridized carbons (Fsp3) is 0.400. The zero-order valence-corrected chi connectivity index (χ0v) is 13.0. The van der Waals surface area contributed by atoms with Crippen LogP contribution in [-0.4, -0.2) is 10.4 Å². The lowest BCUT2D eigenvalue weighted by Crippen LogP contribution is -2.13. The van der Waals surface area contributed by atoms with Crippen LogP contribution < -0.4 is 0 Å². The molecule has 0 amide bonds. The lowest BCUT2D eigenvalue weighted by Gasteiger charge is -2.12. The molecule has 0 bridgehead atoms. The molecule has 1 aromatic carbocycles. The first-order chi connectivity index (χ1) is 8.17. The van der Waals surface area contributed by atoms with Crippen LogP contribution >= 0.6 is 39.1 Å². The van der Waals surface area contributed by atoms with E-state index in [9.17, 15) is 10.1 Å². The van der Waals surface area contributed by atoms with Gasteiger partial charge in [0.25, 0.3) is 5.69 Å². The molecule has 0 spiro atoms. The highest BCUT2D eigenvalue weighted by molar-refractivity contribution is 9.10. The predicted octanol–water partition coefficient (Wildman–Crippen LogP) is 5.55. The van der Waals surface area contributed by atoms with Crippen molar-refractivity contribution >= 4 is 50.5 Å². The Morgan fingerprint density at radius 2 is 1.89 bits per heavy atom. The Labute approximate surface area is 122 Å². The molecule has 1 aromatic rings. The van der Waals surface area contributed by atoms with E-state index in [0.717, 1.165) is 0 Å². The molecule has 0 radical (unpaired) electrons. The average molecular weight is 355 g/mol. The van der Waals surface area contributed by atoms with E-state index in [2.05, 4.69) is 26.2 Å². The van der Waals surface area contributed by atoms with Crippen LogP contribution in [-0.2, 0) is 0 Å². The summed E-state index contributed by atoms with van der Waals surface area (Å²) in [5.74, 6) is 0. The predicted molar refractivity (Wildman–Crippen MR) is 75.1 cm³/mol. The topological polar surface area (TPSA) is 67.9 Å². The van der Waals surface area contributed by atoms with Gasteiger partial charge in [0, 0.05) is 0 Å². The normalized spacial score (nSPS) is 12.7. The van der Waals surface area contributed by atoms with Crippen LogP contribution in [0.2, 0.25) is 10.0 Å². The van der Waals surface area contributed by atoms with Crippen molar-refractivity contribution in [3.05, 3.63) is 30.7 Å². The van der Waals surface area contributed by atoms with E-state index >= 15 is 0 Å².